The first-order valence-corrected chi connectivity index (χ1v) is 7.93. The van der Waals surface area contributed by atoms with Crippen molar-refractivity contribution < 1.29 is 15.0 Å². The highest BCUT2D eigenvalue weighted by atomic mass is 16.4. The number of hydrogen-bond acceptors (Lipinski definition) is 6. The van der Waals surface area contributed by atoms with Gasteiger partial charge in [-0.3, -0.25) is 0 Å². The summed E-state index contributed by atoms with van der Waals surface area (Å²) in [4.78, 5) is 21.5. The highest BCUT2D eigenvalue weighted by molar-refractivity contribution is 5.87. The smallest absolute Gasteiger partial charge is 0.335 e. The molecule has 0 bridgehead atoms. The summed E-state index contributed by atoms with van der Waals surface area (Å²) in [6.07, 6.45) is 3.53. The number of aliphatic hydroxyl groups is 1. The van der Waals surface area contributed by atoms with Crippen LogP contribution in [0.4, 0.5) is 11.6 Å². The van der Waals surface area contributed by atoms with Gasteiger partial charge in [0.15, 0.2) is 0 Å². The molecule has 1 saturated heterocycles. The van der Waals surface area contributed by atoms with E-state index in [0.717, 1.165) is 30.8 Å². The Morgan fingerprint density at radius 2 is 2.08 bits per heavy atom. The van der Waals surface area contributed by atoms with Gasteiger partial charge in [-0.25, -0.2) is 14.8 Å². The van der Waals surface area contributed by atoms with Gasteiger partial charge in [0.1, 0.15) is 18.0 Å². The molecule has 126 valence electrons. The predicted molar refractivity (Wildman–Crippen MR) is 90.2 cm³/mol. The van der Waals surface area contributed by atoms with Crippen LogP contribution in [0.1, 0.15) is 28.8 Å². The van der Waals surface area contributed by atoms with Crippen LogP contribution in [0.25, 0.3) is 0 Å². The van der Waals surface area contributed by atoms with Crippen LogP contribution in [0.2, 0.25) is 0 Å². The van der Waals surface area contributed by atoms with Gasteiger partial charge in [0.05, 0.1) is 18.2 Å². The Morgan fingerprint density at radius 1 is 1.29 bits per heavy atom. The molecule has 1 aliphatic rings. The van der Waals surface area contributed by atoms with Crippen molar-refractivity contribution in [2.24, 2.45) is 0 Å². The van der Waals surface area contributed by atoms with E-state index in [1.165, 1.54) is 6.33 Å². The minimum Gasteiger partial charge on any atom is -0.478 e. The molecule has 3 N–H and O–H groups in total. The zero-order valence-electron chi connectivity index (χ0n) is 13.2. The largest absolute Gasteiger partial charge is 0.478 e. The Labute approximate surface area is 140 Å². The lowest BCUT2D eigenvalue weighted by atomic mass is 10.1. The molecular formula is C17H20N4O3. The summed E-state index contributed by atoms with van der Waals surface area (Å²) in [6, 6.07) is 8.72. The van der Waals surface area contributed by atoms with Crippen molar-refractivity contribution >= 4 is 17.6 Å². The summed E-state index contributed by atoms with van der Waals surface area (Å²) in [6.45, 7) is 1.56. The molecule has 0 spiro atoms. The molecule has 0 saturated carbocycles. The number of carbonyl (C=O) groups is 1. The molecular weight excluding hydrogens is 308 g/mol. The van der Waals surface area contributed by atoms with Crippen molar-refractivity contribution in [2.75, 3.05) is 23.4 Å². The molecule has 2 aromatic rings. The number of aliphatic hydroxyl groups excluding tert-OH is 1. The molecule has 1 aromatic heterocycles. The second kappa shape index (κ2) is 7.27. The number of aromatic carboxylic acids is 1. The molecule has 1 aromatic carbocycles. The zero-order valence-corrected chi connectivity index (χ0v) is 13.2. The van der Waals surface area contributed by atoms with Gasteiger partial charge in [0.25, 0.3) is 0 Å². The third kappa shape index (κ3) is 3.62. The number of nitrogens with zero attached hydrogens (tertiary/aromatic N) is 3. The average Bonchev–Trinajstić information content (AvgIpc) is 3.09. The third-order valence-electron chi connectivity index (χ3n) is 4.21. The van der Waals surface area contributed by atoms with E-state index in [-0.39, 0.29) is 18.2 Å². The van der Waals surface area contributed by atoms with Crippen molar-refractivity contribution in [1.29, 1.82) is 0 Å². The SMILES string of the molecule is O=C(O)c1ccc(CNc2cc(N3CCCC3CO)ncn2)cc1. The maximum Gasteiger partial charge on any atom is 0.335 e. The van der Waals surface area contributed by atoms with Crippen LogP contribution >= 0.6 is 0 Å². The van der Waals surface area contributed by atoms with Crippen LogP contribution in [-0.2, 0) is 6.54 Å². The second-order valence-corrected chi connectivity index (χ2v) is 5.79. The first-order valence-electron chi connectivity index (χ1n) is 7.93. The first kappa shape index (κ1) is 16.2. The van der Waals surface area contributed by atoms with Crippen molar-refractivity contribution in [3.05, 3.63) is 47.8 Å². The topological polar surface area (TPSA) is 98.6 Å². The average molecular weight is 328 g/mol. The Balaban J connectivity index is 1.65. The lowest BCUT2D eigenvalue weighted by Crippen LogP contribution is -2.32. The van der Waals surface area contributed by atoms with Crippen molar-refractivity contribution in [3.8, 4) is 0 Å². The number of anilines is 2. The Morgan fingerprint density at radius 3 is 2.79 bits per heavy atom. The van der Waals surface area contributed by atoms with E-state index in [1.54, 1.807) is 24.3 Å². The van der Waals surface area contributed by atoms with Gasteiger partial charge in [-0.15, -0.1) is 0 Å². The molecule has 1 fully saturated rings. The van der Waals surface area contributed by atoms with Gasteiger partial charge in [-0.05, 0) is 30.5 Å². The molecule has 7 heteroatoms. The van der Waals surface area contributed by atoms with Gasteiger partial charge >= 0.3 is 5.97 Å². The van der Waals surface area contributed by atoms with Crippen LogP contribution < -0.4 is 10.2 Å². The summed E-state index contributed by atoms with van der Waals surface area (Å²) in [7, 11) is 0. The van der Waals surface area contributed by atoms with Crippen molar-refractivity contribution in [1.82, 2.24) is 9.97 Å². The molecule has 1 unspecified atom stereocenters. The number of hydrogen-bond donors (Lipinski definition) is 3. The highest BCUT2D eigenvalue weighted by Crippen LogP contribution is 2.24. The third-order valence-corrected chi connectivity index (χ3v) is 4.21. The number of nitrogens with one attached hydrogen (secondary N) is 1. The normalized spacial score (nSPS) is 17.0. The van der Waals surface area contributed by atoms with Gasteiger partial charge < -0.3 is 20.4 Å². The standard InChI is InChI=1S/C17H20N4O3/c22-10-14-2-1-7-21(14)16-8-15(19-11-20-16)18-9-12-3-5-13(6-4-12)17(23)24/h3-6,8,11,14,22H,1-2,7,9-10H2,(H,23,24)(H,18,19,20). The summed E-state index contributed by atoms with van der Waals surface area (Å²) in [5, 5.41) is 21.6. The molecule has 0 aliphatic carbocycles. The van der Waals surface area contributed by atoms with Gasteiger partial charge in [-0.1, -0.05) is 12.1 Å². The molecule has 3 rings (SSSR count). The van der Waals surface area contributed by atoms with E-state index in [4.69, 9.17) is 5.11 Å². The quantitative estimate of drug-likeness (QED) is 0.743. The van der Waals surface area contributed by atoms with Crippen molar-refractivity contribution in [2.45, 2.75) is 25.4 Å². The highest BCUT2D eigenvalue weighted by Gasteiger charge is 2.25. The summed E-state index contributed by atoms with van der Waals surface area (Å²) >= 11 is 0. The monoisotopic (exact) mass is 328 g/mol. The molecule has 0 amide bonds. The summed E-state index contributed by atoms with van der Waals surface area (Å²) in [5.41, 5.74) is 1.24. The van der Waals surface area contributed by atoms with Crippen LogP contribution in [-0.4, -0.2) is 45.3 Å². The maximum absolute atomic E-state index is 10.9. The number of carboxylic acid groups (broad SMARTS) is 1. The lowest BCUT2D eigenvalue weighted by Gasteiger charge is -2.24. The first-order chi connectivity index (χ1) is 11.7. The molecule has 1 atom stereocenters. The molecule has 2 heterocycles. The van der Waals surface area contributed by atoms with Crippen LogP contribution in [0.5, 0.6) is 0 Å². The van der Waals surface area contributed by atoms with E-state index in [1.807, 2.05) is 6.07 Å². The summed E-state index contributed by atoms with van der Waals surface area (Å²) in [5.74, 6) is 0.579. The fourth-order valence-corrected chi connectivity index (χ4v) is 2.89. The van der Waals surface area contributed by atoms with E-state index in [0.29, 0.717) is 12.4 Å². The number of carboxylic acids is 1. The Hall–Kier alpha value is -2.67. The minimum atomic E-state index is -0.931. The van der Waals surface area contributed by atoms with Crippen LogP contribution in [0.3, 0.4) is 0 Å². The number of rotatable bonds is 6. The van der Waals surface area contributed by atoms with Crippen molar-refractivity contribution in [3.63, 3.8) is 0 Å². The number of benzene rings is 1. The molecule has 0 radical (unpaired) electrons. The van der Waals surface area contributed by atoms with Crippen LogP contribution in [0.15, 0.2) is 36.7 Å². The van der Waals surface area contributed by atoms with E-state index in [9.17, 15) is 9.90 Å². The van der Waals surface area contributed by atoms with Gasteiger partial charge in [-0.2, -0.15) is 0 Å². The van der Waals surface area contributed by atoms with E-state index >= 15 is 0 Å². The second-order valence-electron chi connectivity index (χ2n) is 5.79. The lowest BCUT2D eigenvalue weighted by molar-refractivity contribution is 0.0697. The fraction of sp³-hybridized carbons (Fsp3) is 0.353. The maximum atomic E-state index is 10.9. The van der Waals surface area contributed by atoms with Gasteiger partial charge in [0, 0.05) is 19.2 Å². The predicted octanol–water partition coefficient (Wildman–Crippen LogP) is 1.75. The Kier molecular flexibility index (Phi) is 4.90. The van der Waals surface area contributed by atoms with Gasteiger partial charge in [0.2, 0.25) is 0 Å². The molecule has 1 aliphatic heterocycles. The molecule has 24 heavy (non-hydrogen) atoms. The zero-order chi connectivity index (χ0) is 16.9. The Bertz CT molecular complexity index is 705. The minimum absolute atomic E-state index is 0.122. The number of aromatic nitrogens is 2. The summed E-state index contributed by atoms with van der Waals surface area (Å²) < 4.78 is 0. The molecule has 7 nitrogen and oxygen atoms in total. The van der Waals surface area contributed by atoms with Crippen LogP contribution in [0, 0.1) is 0 Å². The van der Waals surface area contributed by atoms with E-state index in [2.05, 4.69) is 20.2 Å². The van der Waals surface area contributed by atoms with E-state index < -0.39 is 5.97 Å². The fourth-order valence-electron chi connectivity index (χ4n) is 2.89.